The van der Waals surface area contributed by atoms with Crippen LogP contribution in [0.5, 0.6) is 0 Å². The van der Waals surface area contributed by atoms with Gasteiger partial charge in [0.1, 0.15) is 0 Å². The molecule has 0 aliphatic heterocycles. The van der Waals surface area contributed by atoms with Crippen LogP contribution in [-0.4, -0.2) is 0 Å². The molecule has 0 bridgehead atoms. The zero-order valence-electron chi connectivity index (χ0n) is 35.9. The first-order chi connectivity index (χ1) is 19.7. The molecule has 0 aromatic heterocycles. The van der Waals surface area contributed by atoms with Gasteiger partial charge in [-0.15, -0.1) is 0 Å². The first kappa shape index (κ1) is 50.1. The first-order valence-electron chi connectivity index (χ1n) is 18.6. The number of hydrogen-bond donors (Lipinski definition) is 0. The molecule has 6 atom stereocenters. The molecule has 0 aromatic rings. The maximum Gasteiger partial charge on any atom is -0.0260 e. The topological polar surface area (TPSA) is 0 Å². The SMILES string of the molecule is CC(C)=C(C)C(C)=C(C)C.CC(C)=C(C)C(C)C.CC(C)C(C)C(C)C(C)C(C)C.CC(C)C(C)C(C)C(C)C(C)C(C)C. The Kier molecular flexibility index (Phi) is 28.8. The molecule has 0 heteroatoms. The van der Waals surface area contributed by atoms with E-state index in [-0.39, 0.29) is 0 Å². The van der Waals surface area contributed by atoms with Crippen LogP contribution in [0.25, 0.3) is 0 Å². The van der Waals surface area contributed by atoms with Crippen LogP contribution in [0.2, 0.25) is 0 Å². The van der Waals surface area contributed by atoms with Crippen molar-refractivity contribution in [2.75, 3.05) is 0 Å². The van der Waals surface area contributed by atoms with Crippen LogP contribution in [-0.2, 0) is 0 Å². The molecule has 0 aromatic carbocycles. The van der Waals surface area contributed by atoms with Crippen LogP contribution in [0.1, 0.15) is 180 Å². The lowest BCUT2D eigenvalue weighted by Gasteiger charge is -2.34. The molecule has 0 rings (SSSR count). The third-order valence-corrected chi connectivity index (χ3v) is 12.1. The van der Waals surface area contributed by atoms with Crippen LogP contribution in [0.4, 0.5) is 0 Å². The summed E-state index contributed by atoms with van der Waals surface area (Å²) in [5.41, 5.74) is 8.67. The Balaban J connectivity index is -0.000000247. The van der Waals surface area contributed by atoms with Crippen molar-refractivity contribution in [3.8, 4) is 0 Å². The maximum atomic E-state index is 2.42. The highest BCUT2D eigenvalue weighted by Gasteiger charge is 2.26. The van der Waals surface area contributed by atoms with Crippen molar-refractivity contribution in [1.29, 1.82) is 0 Å². The number of hydrogen-bond acceptors (Lipinski definition) is 0. The summed E-state index contributed by atoms with van der Waals surface area (Å²) in [6.45, 7) is 59.4. The van der Waals surface area contributed by atoms with Gasteiger partial charge < -0.3 is 0 Å². The minimum atomic E-state index is 0.722. The van der Waals surface area contributed by atoms with Crippen molar-refractivity contribution in [1.82, 2.24) is 0 Å². The summed E-state index contributed by atoms with van der Waals surface area (Å²) < 4.78 is 0. The fourth-order valence-electron chi connectivity index (χ4n) is 5.19. The Morgan fingerprint density at radius 2 is 0.432 bits per heavy atom. The van der Waals surface area contributed by atoms with Gasteiger partial charge in [0.05, 0.1) is 0 Å². The maximum absolute atomic E-state index is 2.42. The van der Waals surface area contributed by atoms with E-state index in [1.54, 1.807) is 0 Å². The molecule has 44 heavy (non-hydrogen) atoms. The third-order valence-electron chi connectivity index (χ3n) is 12.1. The van der Waals surface area contributed by atoms with Gasteiger partial charge in [0.15, 0.2) is 0 Å². The summed E-state index contributed by atoms with van der Waals surface area (Å²) in [7, 11) is 0. The largest absolute Gasteiger partial charge is 0.0773 e. The minimum Gasteiger partial charge on any atom is -0.0773 e. The average Bonchev–Trinajstić information content (AvgIpc) is 2.93. The second kappa shape index (κ2) is 25.3. The van der Waals surface area contributed by atoms with E-state index >= 15 is 0 Å². The fraction of sp³-hybridized carbons (Fsp3) is 0.864. The summed E-state index contributed by atoms with van der Waals surface area (Å²) in [5, 5.41) is 0. The van der Waals surface area contributed by atoms with Gasteiger partial charge in [-0.2, -0.15) is 0 Å². The molecule has 0 aliphatic carbocycles. The summed E-state index contributed by atoms with van der Waals surface area (Å²) >= 11 is 0. The van der Waals surface area contributed by atoms with Crippen LogP contribution < -0.4 is 0 Å². The summed E-state index contributed by atoms with van der Waals surface area (Å²) in [6.07, 6.45) is 0. The highest BCUT2D eigenvalue weighted by atomic mass is 14.3. The molecule has 6 unspecified atom stereocenters. The Labute approximate surface area is 283 Å². The van der Waals surface area contributed by atoms with Gasteiger partial charge in [0, 0.05) is 0 Å². The molecule has 0 saturated carbocycles. The van der Waals surface area contributed by atoms with Crippen LogP contribution in [0, 0.1) is 71.0 Å². The number of rotatable bonds is 11. The Hall–Kier alpha value is -0.780. The molecular weight excluding hydrogens is 528 g/mol. The van der Waals surface area contributed by atoms with Gasteiger partial charge >= 0.3 is 0 Å². The predicted octanol–water partition coefficient (Wildman–Crippen LogP) is 15.7. The van der Waals surface area contributed by atoms with Gasteiger partial charge in [-0.3, -0.25) is 0 Å². The zero-order valence-corrected chi connectivity index (χ0v) is 35.9. The normalized spacial score (nSPS) is 15.9. The standard InChI is InChI=1S/C14H30.C12H26.C10H18.C8H16/c1-9(2)11(5)13(7)14(8)12(6)10(3)4;1-8(2)10(5)12(7)11(6)9(3)4;1-7(2)9(5)10(6)8(3)4;1-6(2)8(5)7(3)4/h9-14H,1-8H3;8-12H,1-7H3;1-6H3;6H,1-5H3. The van der Waals surface area contributed by atoms with E-state index in [4.69, 9.17) is 0 Å². The smallest absolute Gasteiger partial charge is 0.0260 e. The highest BCUT2D eigenvalue weighted by molar-refractivity contribution is 5.33. The van der Waals surface area contributed by atoms with Gasteiger partial charge in [0.2, 0.25) is 0 Å². The van der Waals surface area contributed by atoms with Crippen molar-refractivity contribution in [3.05, 3.63) is 33.4 Å². The van der Waals surface area contributed by atoms with E-state index in [0.717, 1.165) is 71.0 Å². The zero-order chi connectivity index (χ0) is 36.4. The Morgan fingerprint density at radius 3 is 0.523 bits per heavy atom. The quantitative estimate of drug-likeness (QED) is 0.160. The predicted molar refractivity (Wildman–Crippen MR) is 210 cm³/mol. The molecule has 0 saturated heterocycles. The van der Waals surface area contributed by atoms with Crippen LogP contribution in [0.3, 0.4) is 0 Å². The highest BCUT2D eigenvalue weighted by Crippen LogP contribution is 2.34. The van der Waals surface area contributed by atoms with Gasteiger partial charge in [-0.05, 0) is 144 Å². The molecule has 0 radical (unpaired) electrons. The van der Waals surface area contributed by atoms with Gasteiger partial charge in [-0.1, -0.05) is 140 Å². The van der Waals surface area contributed by atoms with E-state index in [1.807, 2.05) is 0 Å². The summed E-state index contributed by atoms with van der Waals surface area (Å²) in [6, 6.07) is 0. The van der Waals surface area contributed by atoms with Crippen LogP contribution >= 0.6 is 0 Å². The minimum absolute atomic E-state index is 0.722. The average molecular weight is 619 g/mol. The summed E-state index contributed by atoms with van der Waals surface area (Å²) in [5.74, 6) is 9.90. The fourth-order valence-corrected chi connectivity index (χ4v) is 5.19. The van der Waals surface area contributed by atoms with E-state index < -0.39 is 0 Å². The van der Waals surface area contributed by atoms with Crippen LogP contribution in [0.15, 0.2) is 33.4 Å². The lowest BCUT2D eigenvalue weighted by atomic mass is 9.72. The van der Waals surface area contributed by atoms with E-state index in [1.165, 1.54) is 33.4 Å². The molecule has 266 valence electrons. The second-order valence-electron chi connectivity index (χ2n) is 17.1. The Bertz CT molecular complexity index is 743. The van der Waals surface area contributed by atoms with Gasteiger partial charge in [-0.25, -0.2) is 0 Å². The molecule has 0 aliphatic rings. The van der Waals surface area contributed by atoms with Crippen molar-refractivity contribution in [3.63, 3.8) is 0 Å². The van der Waals surface area contributed by atoms with E-state index in [0.29, 0.717) is 0 Å². The Morgan fingerprint density at radius 1 is 0.250 bits per heavy atom. The molecule has 0 N–H and O–H groups in total. The van der Waals surface area contributed by atoms with E-state index in [9.17, 15) is 0 Å². The molecule has 0 heterocycles. The van der Waals surface area contributed by atoms with Gasteiger partial charge in [0.25, 0.3) is 0 Å². The first-order valence-corrected chi connectivity index (χ1v) is 18.6. The lowest BCUT2D eigenvalue weighted by Crippen LogP contribution is -2.27. The molecule has 0 fully saturated rings. The summed E-state index contributed by atoms with van der Waals surface area (Å²) in [4.78, 5) is 0. The second-order valence-corrected chi connectivity index (χ2v) is 17.1. The number of allylic oxidation sites excluding steroid dienone is 6. The van der Waals surface area contributed by atoms with Crippen molar-refractivity contribution >= 4 is 0 Å². The molecule has 0 spiro atoms. The lowest BCUT2D eigenvalue weighted by molar-refractivity contribution is 0.150. The monoisotopic (exact) mass is 619 g/mol. The molecule has 0 nitrogen and oxygen atoms in total. The van der Waals surface area contributed by atoms with Crippen molar-refractivity contribution in [2.24, 2.45) is 71.0 Å². The molecule has 0 amide bonds. The molecular formula is C44H90. The van der Waals surface area contributed by atoms with Crippen molar-refractivity contribution in [2.45, 2.75) is 180 Å². The van der Waals surface area contributed by atoms with E-state index in [2.05, 4.69) is 180 Å². The third kappa shape index (κ3) is 21.9. The van der Waals surface area contributed by atoms with Crippen molar-refractivity contribution < 1.29 is 0 Å².